The van der Waals surface area contributed by atoms with Crippen molar-refractivity contribution in [1.82, 2.24) is 10.9 Å². The van der Waals surface area contributed by atoms with Crippen LogP contribution in [0.5, 0.6) is 5.75 Å². The van der Waals surface area contributed by atoms with E-state index in [1.807, 2.05) is 66.7 Å². The van der Waals surface area contributed by atoms with Gasteiger partial charge in [-0.2, -0.15) is 0 Å². The van der Waals surface area contributed by atoms with Crippen molar-refractivity contribution in [2.75, 3.05) is 0 Å². The van der Waals surface area contributed by atoms with Crippen molar-refractivity contribution in [3.63, 3.8) is 0 Å². The zero-order valence-electron chi connectivity index (χ0n) is 17.6. The van der Waals surface area contributed by atoms with Gasteiger partial charge in [0, 0.05) is 6.42 Å². The van der Waals surface area contributed by atoms with Gasteiger partial charge in [-0.25, -0.2) is 0 Å². The van der Waals surface area contributed by atoms with Gasteiger partial charge in [0.2, 0.25) is 11.8 Å². The molecule has 1 aliphatic carbocycles. The number of nitrogens with one attached hydrogen (secondary N) is 2. The number of hydrazine groups is 1. The number of benzene rings is 3. The molecule has 0 unspecified atom stereocenters. The summed E-state index contributed by atoms with van der Waals surface area (Å²) in [7, 11) is 0. The fourth-order valence-electron chi connectivity index (χ4n) is 4.10. The first-order chi connectivity index (χ1) is 15.2. The van der Waals surface area contributed by atoms with Crippen molar-refractivity contribution in [3.8, 4) is 5.75 Å². The lowest BCUT2D eigenvalue weighted by atomic mass is 10.0. The Morgan fingerprint density at radius 1 is 0.871 bits per heavy atom. The first kappa shape index (κ1) is 20.9. The average molecular weight is 417 g/mol. The van der Waals surface area contributed by atoms with E-state index in [1.54, 1.807) is 0 Å². The fourth-order valence-corrected chi connectivity index (χ4v) is 4.10. The number of rotatable bonds is 7. The minimum Gasteiger partial charge on any atom is -0.490 e. The molecule has 2 amide bonds. The van der Waals surface area contributed by atoms with Crippen molar-refractivity contribution in [2.24, 2.45) is 0 Å². The molecule has 1 fully saturated rings. The average Bonchev–Trinajstić information content (AvgIpc) is 3.30. The van der Waals surface area contributed by atoms with Crippen LogP contribution in [0.1, 0.15) is 43.2 Å². The molecule has 5 heteroatoms. The third kappa shape index (κ3) is 5.85. The zero-order chi connectivity index (χ0) is 21.5. The van der Waals surface area contributed by atoms with Crippen LogP contribution in [0.2, 0.25) is 0 Å². The van der Waals surface area contributed by atoms with Crippen molar-refractivity contribution in [3.05, 3.63) is 77.9 Å². The van der Waals surface area contributed by atoms with Crippen molar-refractivity contribution < 1.29 is 14.3 Å². The second-order valence-corrected chi connectivity index (χ2v) is 8.08. The van der Waals surface area contributed by atoms with Gasteiger partial charge in [0.05, 0.1) is 12.5 Å². The first-order valence-electron chi connectivity index (χ1n) is 11.0. The molecular weight excluding hydrogens is 388 g/mol. The van der Waals surface area contributed by atoms with Gasteiger partial charge in [0.1, 0.15) is 5.75 Å². The molecule has 1 aliphatic rings. The van der Waals surface area contributed by atoms with Gasteiger partial charge in [0.15, 0.2) is 0 Å². The summed E-state index contributed by atoms with van der Waals surface area (Å²) < 4.78 is 6.03. The third-order valence-corrected chi connectivity index (χ3v) is 5.72. The molecule has 160 valence electrons. The smallest absolute Gasteiger partial charge is 0.242 e. The van der Waals surface area contributed by atoms with Crippen LogP contribution in [-0.4, -0.2) is 17.9 Å². The number of aryl methyl sites for hydroxylation is 1. The number of fused-ring (bicyclic) bond motifs is 1. The Morgan fingerprint density at radius 3 is 2.48 bits per heavy atom. The molecule has 3 aromatic rings. The molecule has 0 radical (unpaired) electrons. The van der Waals surface area contributed by atoms with E-state index in [-0.39, 0.29) is 18.2 Å². The van der Waals surface area contributed by atoms with E-state index < -0.39 is 0 Å². The zero-order valence-corrected chi connectivity index (χ0v) is 17.6. The summed E-state index contributed by atoms with van der Waals surface area (Å²) in [4.78, 5) is 24.5. The second kappa shape index (κ2) is 10.1. The highest BCUT2D eigenvalue weighted by molar-refractivity contribution is 5.90. The lowest BCUT2D eigenvalue weighted by Crippen LogP contribution is -2.42. The minimum absolute atomic E-state index is 0.211. The summed E-state index contributed by atoms with van der Waals surface area (Å²) in [6.07, 6.45) is 6.11. The molecule has 1 saturated carbocycles. The molecule has 0 spiro atoms. The van der Waals surface area contributed by atoms with Crippen LogP contribution in [0.25, 0.3) is 10.8 Å². The third-order valence-electron chi connectivity index (χ3n) is 5.72. The largest absolute Gasteiger partial charge is 0.490 e. The van der Waals surface area contributed by atoms with Crippen molar-refractivity contribution in [2.45, 2.75) is 51.0 Å². The van der Waals surface area contributed by atoms with Crippen LogP contribution in [0, 0.1) is 0 Å². The molecule has 0 saturated heterocycles. The van der Waals surface area contributed by atoms with E-state index >= 15 is 0 Å². The highest BCUT2D eigenvalue weighted by atomic mass is 16.5. The Labute approximate surface area is 182 Å². The Hall–Kier alpha value is -3.34. The standard InChI is InChI=1S/C26H28N2O3/c29-25(16-15-19-7-5-13-23(17-19)31-22-11-2-3-12-22)27-28-26(30)18-21-10-6-9-20-8-1-4-14-24(20)21/h1,4-10,13-14,17,22H,2-3,11-12,15-16,18H2,(H,27,29)(H,28,30). The van der Waals surface area contributed by atoms with Crippen molar-refractivity contribution in [1.29, 1.82) is 0 Å². The van der Waals surface area contributed by atoms with Crippen LogP contribution in [0.15, 0.2) is 66.7 Å². The molecule has 4 rings (SSSR count). The number of ether oxygens (including phenoxy) is 1. The van der Waals surface area contributed by atoms with Crippen LogP contribution in [0.4, 0.5) is 0 Å². The molecule has 5 nitrogen and oxygen atoms in total. The molecule has 31 heavy (non-hydrogen) atoms. The summed E-state index contributed by atoms with van der Waals surface area (Å²) in [6, 6.07) is 21.8. The maximum Gasteiger partial charge on any atom is 0.242 e. The number of hydrogen-bond donors (Lipinski definition) is 2. The maximum absolute atomic E-state index is 12.3. The number of hydrogen-bond acceptors (Lipinski definition) is 3. The summed E-state index contributed by atoms with van der Waals surface area (Å²) in [6.45, 7) is 0. The summed E-state index contributed by atoms with van der Waals surface area (Å²) >= 11 is 0. The van der Waals surface area contributed by atoms with Crippen molar-refractivity contribution >= 4 is 22.6 Å². The Morgan fingerprint density at radius 2 is 1.61 bits per heavy atom. The van der Waals surface area contributed by atoms with Crippen LogP contribution in [-0.2, 0) is 22.4 Å². The van der Waals surface area contributed by atoms with Gasteiger partial charge in [-0.15, -0.1) is 0 Å². The predicted octanol–water partition coefficient (Wildman–Crippen LogP) is 4.48. The molecule has 0 aliphatic heterocycles. The SMILES string of the molecule is O=C(CCc1cccc(OC2CCCC2)c1)NNC(=O)Cc1cccc2ccccc12. The summed E-state index contributed by atoms with van der Waals surface area (Å²) in [5, 5.41) is 2.14. The fraction of sp³-hybridized carbons (Fsp3) is 0.308. The Bertz CT molecular complexity index is 1050. The summed E-state index contributed by atoms with van der Waals surface area (Å²) in [5.41, 5.74) is 7.04. The minimum atomic E-state index is -0.239. The predicted molar refractivity (Wildman–Crippen MR) is 122 cm³/mol. The normalized spacial score (nSPS) is 13.8. The molecule has 0 bridgehead atoms. The van der Waals surface area contributed by atoms with E-state index in [2.05, 4.69) is 10.9 Å². The second-order valence-electron chi connectivity index (χ2n) is 8.08. The highest BCUT2D eigenvalue weighted by Crippen LogP contribution is 2.25. The number of carbonyl (C=O) groups is 2. The highest BCUT2D eigenvalue weighted by Gasteiger charge is 2.16. The molecule has 0 heterocycles. The van der Waals surface area contributed by atoms with Crippen LogP contribution in [0.3, 0.4) is 0 Å². The van der Waals surface area contributed by atoms with E-state index in [1.165, 1.54) is 12.8 Å². The van der Waals surface area contributed by atoms with Gasteiger partial charge < -0.3 is 4.74 Å². The van der Waals surface area contributed by atoms with Gasteiger partial charge >= 0.3 is 0 Å². The molecule has 0 aromatic heterocycles. The van der Waals surface area contributed by atoms with Gasteiger partial charge in [-0.1, -0.05) is 54.6 Å². The molecule has 3 aromatic carbocycles. The molecule has 0 atom stereocenters. The molecule has 2 N–H and O–H groups in total. The van der Waals surface area contributed by atoms with E-state index in [0.717, 1.165) is 40.5 Å². The van der Waals surface area contributed by atoms with E-state index in [4.69, 9.17) is 4.74 Å². The summed E-state index contributed by atoms with van der Waals surface area (Å²) in [5.74, 6) is 0.415. The number of amides is 2. The quantitative estimate of drug-likeness (QED) is 0.558. The maximum atomic E-state index is 12.3. The Balaban J connectivity index is 1.23. The monoisotopic (exact) mass is 416 g/mol. The lowest BCUT2D eigenvalue weighted by Gasteiger charge is -2.14. The number of carbonyl (C=O) groups excluding carboxylic acids is 2. The van der Waals surface area contributed by atoms with Gasteiger partial charge in [0.25, 0.3) is 0 Å². The van der Waals surface area contributed by atoms with Crippen LogP contribution >= 0.6 is 0 Å². The Kier molecular flexibility index (Phi) is 6.82. The van der Waals surface area contributed by atoms with Crippen LogP contribution < -0.4 is 15.6 Å². The molecular formula is C26H28N2O3. The van der Waals surface area contributed by atoms with Gasteiger partial charge in [-0.05, 0) is 66.1 Å². The van der Waals surface area contributed by atoms with E-state index in [9.17, 15) is 9.59 Å². The topological polar surface area (TPSA) is 67.4 Å². The lowest BCUT2D eigenvalue weighted by molar-refractivity contribution is -0.128. The van der Waals surface area contributed by atoms with E-state index in [0.29, 0.717) is 18.9 Å². The van der Waals surface area contributed by atoms with Gasteiger partial charge in [-0.3, -0.25) is 20.4 Å². The first-order valence-corrected chi connectivity index (χ1v) is 11.0.